The van der Waals surface area contributed by atoms with Crippen molar-refractivity contribution in [2.75, 3.05) is 11.9 Å². The number of anilines is 1. The summed E-state index contributed by atoms with van der Waals surface area (Å²) >= 11 is 0. The molecule has 0 saturated carbocycles. The minimum Gasteiger partial charge on any atom is -0.382 e. The van der Waals surface area contributed by atoms with Crippen LogP contribution in [-0.2, 0) is 0 Å². The molecule has 0 saturated heterocycles. The topological polar surface area (TPSA) is 42.7 Å². The quantitative estimate of drug-likeness (QED) is 0.863. The van der Waals surface area contributed by atoms with Crippen LogP contribution in [0.1, 0.15) is 32.5 Å². The van der Waals surface area contributed by atoms with Gasteiger partial charge in [-0.3, -0.25) is 4.57 Å². The molecule has 0 radical (unpaired) electrons. The van der Waals surface area contributed by atoms with Crippen LogP contribution in [0.2, 0.25) is 0 Å². The van der Waals surface area contributed by atoms with Gasteiger partial charge in [0.2, 0.25) is 0 Å². The van der Waals surface area contributed by atoms with E-state index in [1.165, 1.54) is 12.8 Å². The molecule has 2 aromatic heterocycles. The third-order valence-corrected chi connectivity index (χ3v) is 3.58. The summed E-state index contributed by atoms with van der Waals surface area (Å²) in [6, 6.07) is 4.04. The third kappa shape index (κ3) is 3.13. The van der Waals surface area contributed by atoms with E-state index in [-0.39, 0.29) is 0 Å². The van der Waals surface area contributed by atoms with Gasteiger partial charge in [0.15, 0.2) is 5.82 Å². The maximum atomic E-state index is 4.47. The number of hydrogen-bond acceptors (Lipinski definition) is 3. The minimum atomic E-state index is 0.706. The van der Waals surface area contributed by atoms with Crippen molar-refractivity contribution in [2.45, 2.75) is 33.6 Å². The van der Waals surface area contributed by atoms with E-state index in [0.29, 0.717) is 5.92 Å². The second kappa shape index (κ2) is 6.36. The van der Waals surface area contributed by atoms with Crippen molar-refractivity contribution in [3.63, 3.8) is 0 Å². The van der Waals surface area contributed by atoms with Gasteiger partial charge >= 0.3 is 0 Å². The first-order chi connectivity index (χ1) is 9.26. The smallest absolute Gasteiger partial charge is 0.161 e. The first-order valence-electron chi connectivity index (χ1n) is 6.95. The Morgan fingerprint density at radius 1 is 1.21 bits per heavy atom. The maximum absolute atomic E-state index is 4.47. The predicted molar refractivity (Wildman–Crippen MR) is 78.7 cm³/mol. The first-order valence-corrected chi connectivity index (χ1v) is 6.95. The molecular weight excluding hydrogens is 236 g/mol. The number of hydrogen-bond donors (Lipinski definition) is 1. The molecule has 1 N–H and O–H groups in total. The van der Waals surface area contributed by atoms with Crippen LogP contribution < -0.4 is 5.32 Å². The van der Waals surface area contributed by atoms with Crippen molar-refractivity contribution < 1.29 is 0 Å². The molecule has 0 bridgehead atoms. The van der Waals surface area contributed by atoms with Crippen molar-refractivity contribution in [2.24, 2.45) is 5.92 Å². The van der Waals surface area contributed by atoms with Crippen LogP contribution in [0.5, 0.6) is 0 Å². The van der Waals surface area contributed by atoms with Gasteiger partial charge in [-0.2, -0.15) is 0 Å². The molecule has 0 fully saturated rings. The molecule has 0 spiro atoms. The monoisotopic (exact) mass is 258 g/mol. The highest BCUT2D eigenvalue weighted by molar-refractivity contribution is 5.57. The average molecular weight is 258 g/mol. The summed E-state index contributed by atoms with van der Waals surface area (Å²) in [5, 5.41) is 3.52. The summed E-state index contributed by atoms with van der Waals surface area (Å²) in [6.45, 7) is 7.44. The number of nitrogens with zero attached hydrogens (tertiary/aromatic N) is 3. The van der Waals surface area contributed by atoms with Gasteiger partial charge < -0.3 is 5.32 Å². The van der Waals surface area contributed by atoms with E-state index in [9.17, 15) is 0 Å². The summed E-state index contributed by atoms with van der Waals surface area (Å²) in [6.07, 6.45) is 7.96. The van der Waals surface area contributed by atoms with E-state index >= 15 is 0 Å². The van der Waals surface area contributed by atoms with Crippen LogP contribution in [0, 0.1) is 12.8 Å². The average Bonchev–Trinajstić information content (AvgIpc) is 2.86. The molecule has 0 atom stereocenters. The molecule has 0 amide bonds. The first kappa shape index (κ1) is 13.6. The maximum Gasteiger partial charge on any atom is 0.161 e. The molecule has 102 valence electrons. The fourth-order valence-electron chi connectivity index (χ4n) is 2.16. The highest BCUT2D eigenvalue weighted by Gasteiger charge is 2.09. The van der Waals surface area contributed by atoms with Gasteiger partial charge in [-0.15, -0.1) is 0 Å². The Balaban J connectivity index is 2.20. The van der Waals surface area contributed by atoms with E-state index in [0.717, 1.165) is 23.9 Å². The van der Waals surface area contributed by atoms with Gasteiger partial charge in [0.25, 0.3) is 0 Å². The molecule has 0 aliphatic heterocycles. The van der Waals surface area contributed by atoms with Crippen molar-refractivity contribution in [3.05, 3.63) is 36.5 Å². The van der Waals surface area contributed by atoms with Crippen molar-refractivity contribution in [1.82, 2.24) is 14.5 Å². The number of rotatable bonds is 6. The number of pyridine rings is 1. The van der Waals surface area contributed by atoms with Crippen LogP contribution in [-0.4, -0.2) is 21.1 Å². The van der Waals surface area contributed by atoms with Crippen LogP contribution in [0.4, 0.5) is 5.69 Å². The zero-order valence-corrected chi connectivity index (χ0v) is 11.9. The third-order valence-electron chi connectivity index (χ3n) is 3.58. The minimum absolute atomic E-state index is 0.706. The van der Waals surface area contributed by atoms with E-state index in [1.54, 1.807) is 6.20 Å². The van der Waals surface area contributed by atoms with E-state index < -0.39 is 0 Å². The molecule has 0 unspecified atom stereocenters. The molecule has 2 rings (SSSR count). The van der Waals surface area contributed by atoms with E-state index in [1.807, 2.05) is 30.0 Å². The second-order valence-electron chi connectivity index (χ2n) is 4.78. The lowest BCUT2D eigenvalue weighted by Gasteiger charge is -2.16. The van der Waals surface area contributed by atoms with Crippen LogP contribution in [0.25, 0.3) is 5.82 Å². The zero-order valence-electron chi connectivity index (χ0n) is 11.9. The lowest BCUT2D eigenvalue weighted by atomic mass is 10.0. The molecule has 4 heteroatoms. The predicted octanol–water partition coefficient (Wildman–Crippen LogP) is 3.42. The van der Waals surface area contributed by atoms with Gasteiger partial charge in [0.05, 0.1) is 5.69 Å². The highest BCUT2D eigenvalue weighted by Crippen LogP contribution is 2.19. The largest absolute Gasteiger partial charge is 0.382 e. The normalized spacial score (nSPS) is 10.9. The SMILES string of the molecule is CCC(CC)CNc1cccnc1-n1ccnc1C. The standard InChI is InChI=1S/C15H22N4/c1-4-13(5-2)11-18-14-7-6-8-17-15(14)19-10-9-16-12(19)3/h6-10,13,18H,4-5,11H2,1-3H3. The fourth-order valence-corrected chi connectivity index (χ4v) is 2.16. The van der Waals surface area contributed by atoms with Crippen LogP contribution in [0.15, 0.2) is 30.7 Å². The van der Waals surface area contributed by atoms with E-state index in [4.69, 9.17) is 0 Å². The number of aromatic nitrogens is 3. The molecule has 0 aromatic carbocycles. The molecular formula is C15H22N4. The Morgan fingerprint density at radius 2 is 2.00 bits per heavy atom. The number of aryl methyl sites for hydroxylation is 1. The Kier molecular flexibility index (Phi) is 4.55. The van der Waals surface area contributed by atoms with Gasteiger partial charge in [0, 0.05) is 25.1 Å². The van der Waals surface area contributed by atoms with Gasteiger partial charge in [0.1, 0.15) is 5.82 Å². The van der Waals surface area contributed by atoms with Crippen molar-refractivity contribution in [3.8, 4) is 5.82 Å². The highest BCUT2D eigenvalue weighted by atomic mass is 15.1. The molecule has 19 heavy (non-hydrogen) atoms. The zero-order chi connectivity index (χ0) is 13.7. The number of nitrogens with one attached hydrogen (secondary N) is 1. The second-order valence-corrected chi connectivity index (χ2v) is 4.78. The Hall–Kier alpha value is -1.84. The van der Waals surface area contributed by atoms with Gasteiger partial charge in [-0.05, 0) is 25.0 Å². The van der Waals surface area contributed by atoms with Crippen molar-refractivity contribution >= 4 is 5.69 Å². The fraction of sp³-hybridized carbons (Fsp3) is 0.467. The molecule has 0 aliphatic carbocycles. The summed E-state index contributed by atoms with van der Waals surface area (Å²) < 4.78 is 2.01. The Bertz CT molecular complexity index is 514. The number of imidazole rings is 1. The van der Waals surface area contributed by atoms with Gasteiger partial charge in [-0.1, -0.05) is 26.7 Å². The van der Waals surface area contributed by atoms with Crippen molar-refractivity contribution in [1.29, 1.82) is 0 Å². The summed E-state index contributed by atoms with van der Waals surface area (Å²) in [7, 11) is 0. The molecule has 2 heterocycles. The lowest BCUT2D eigenvalue weighted by molar-refractivity contribution is 0.519. The van der Waals surface area contributed by atoms with Crippen LogP contribution >= 0.6 is 0 Å². The molecule has 4 nitrogen and oxygen atoms in total. The van der Waals surface area contributed by atoms with E-state index in [2.05, 4.69) is 35.2 Å². The molecule has 2 aromatic rings. The van der Waals surface area contributed by atoms with Crippen LogP contribution in [0.3, 0.4) is 0 Å². The summed E-state index contributed by atoms with van der Waals surface area (Å²) in [4.78, 5) is 8.73. The summed E-state index contributed by atoms with van der Waals surface area (Å²) in [5.41, 5.74) is 1.07. The Morgan fingerprint density at radius 3 is 2.63 bits per heavy atom. The lowest BCUT2D eigenvalue weighted by Crippen LogP contribution is -2.14. The summed E-state index contributed by atoms with van der Waals surface area (Å²) in [5.74, 6) is 2.57. The molecule has 0 aliphatic rings. The van der Waals surface area contributed by atoms with Gasteiger partial charge in [-0.25, -0.2) is 9.97 Å². The Labute approximate surface area is 114 Å².